The second-order valence-electron chi connectivity index (χ2n) is 5.11. The van der Waals surface area contributed by atoms with E-state index in [1.165, 1.54) is 23.7 Å². The number of aryl methyl sites for hydroxylation is 1. The van der Waals surface area contributed by atoms with E-state index >= 15 is 0 Å². The van der Waals surface area contributed by atoms with Gasteiger partial charge >= 0.3 is 12.4 Å². The number of halogens is 8. The van der Waals surface area contributed by atoms with E-state index in [0.717, 1.165) is 0 Å². The summed E-state index contributed by atoms with van der Waals surface area (Å²) in [6.07, 6.45) is -10.6. The Labute approximate surface area is 146 Å². The molecule has 0 atom stereocenters. The normalized spacial score (nSPS) is 12.9. The van der Waals surface area contributed by atoms with Crippen molar-refractivity contribution >= 4 is 44.3 Å². The summed E-state index contributed by atoms with van der Waals surface area (Å²) >= 11 is 9.10. The van der Waals surface area contributed by atoms with E-state index in [4.69, 9.17) is 11.6 Å². The molecule has 0 fully saturated rings. The number of rotatable bonds is 4. The lowest BCUT2D eigenvalue weighted by Crippen LogP contribution is -2.37. The fourth-order valence-electron chi connectivity index (χ4n) is 2.26. The van der Waals surface area contributed by atoms with Crippen molar-refractivity contribution in [1.82, 2.24) is 9.55 Å². The van der Waals surface area contributed by atoms with Crippen molar-refractivity contribution in [3.05, 3.63) is 21.9 Å². The molecule has 1 aromatic carbocycles. The highest BCUT2D eigenvalue weighted by Crippen LogP contribution is 2.35. The standard InChI is InChI=1S/C13H11BrClF6N3/c1-23-10-8(3-2-7(14)9(10)22-11(23)15)24(6-13(19,20)21)5-4-12(16,17)18/h2-3H,4-6H2,1H3. The van der Waals surface area contributed by atoms with E-state index in [9.17, 15) is 26.3 Å². The van der Waals surface area contributed by atoms with Crippen LogP contribution >= 0.6 is 27.5 Å². The zero-order chi connectivity index (χ0) is 18.3. The molecular weight excluding hydrogens is 428 g/mol. The molecule has 2 aromatic rings. The Balaban J connectivity index is 2.53. The summed E-state index contributed by atoms with van der Waals surface area (Å²) in [5, 5.41) is 0.0148. The molecule has 1 aromatic heterocycles. The van der Waals surface area contributed by atoms with Gasteiger partial charge in [-0.2, -0.15) is 26.3 Å². The zero-order valence-corrected chi connectivity index (χ0v) is 14.5. The SMILES string of the molecule is Cn1c(Cl)nc2c(Br)ccc(N(CCC(F)(F)F)CC(F)(F)F)c21. The number of hydrogen-bond donors (Lipinski definition) is 0. The monoisotopic (exact) mass is 437 g/mol. The molecule has 0 bridgehead atoms. The van der Waals surface area contributed by atoms with Gasteiger partial charge in [-0.1, -0.05) is 0 Å². The second kappa shape index (κ2) is 6.62. The van der Waals surface area contributed by atoms with Crippen molar-refractivity contribution in [3.8, 4) is 0 Å². The average molecular weight is 439 g/mol. The van der Waals surface area contributed by atoms with Crippen molar-refractivity contribution in [2.24, 2.45) is 7.05 Å². The lowest BCUT2D eigenvalue weighted by Gasteiger charge is -2.27. The summed E-state index contributed by atoms with van der Waals surface area (Å²) in [6.45, 7) is -2.34. The first-order valence-corrected chi connectivity index (χ1v) is 7.75. The molecule has 0 radical (unpaired) electrons. The van der Waals surface area contributed by atoms with Crippen LogP contribution < -0.4 is 4.90 Å². The molecule has 2 rings (SSSR count). The first-order valence-electron chi connectivity index (χ1n) is 6.58. The summed E-state index contributed by atoms with van der Waals surface area (Å²) in [7, 11) is 1.48. The molecule has 0 saturated carbocycles. The molecule has 0 amide bonds. The summed E-state index contributed by atoms with van der Waals surface area (Å²) in [5.74, 6) is 0. The summed E-state index contributed by atoms with van der Waals surface area (Å²) in [5.41, 5.74) is 0.483. The van der Waals surface area contributed by atoms with Crippen LogP contribution in [-0.4, -0.2) is 35.0 Å². The molecule has 134 valence electrons. The predicted octanol–water partition coefficient (Wildman–Crippen LogP) is 5.31. The smallest absolute Gasteiger partial charge is 0.360 e. The van der Waals surface area contributed by atoms with Crippen LogP contribution in [0.25, 0.3) is 11.0 Å². The van der Waals surface area contributed by atoms with E-state index in [-0.39, 0.29) is 22.0 Å². The van der Waals surface area contributed by atoms with Gasteiger partial charge in [0, 0.05) is 18.1 Å². The summed E-state index contributed by atoms with van der Waals surface area (Å²) < 4.78 is 77.7. The molecular formula is C13H11BrClF6N3. The van der Waals surface area contributed by atoms with Crippen LogP contribution in [0.5, 0.6) is 0 Å². The van der Waals surface area contributed by atoms with E-state index in [1.807, 2.05) is 0 Å². The number of alkyl halides is 6. The molecule has 0 saturated heterocycles. The van der Waals surface area contributed by atoms with Crippen LogP contribution in [0, 0.1) is 0 Å². The minimum absolute atomic E-state index is 0.0148. The van der Waals surface area contributed by atoms with Crippen LogP contribution in [0.4, 0.5) is 32.0 Å². The maximum Gasteiger partial charge on any atom is 0.405 e. The van der Waals surface area contributed by atoms with Gasteiger partial charge < -0.3 is 9.47 Å². The van der Waals surface area contributed by atoms with Crippen LogP contribution in [-0.2, 0) is 7.05 Å². The third-order valence-corrected chi connectivity index (χ3v) is 4.25. The molecule has 0 aliphatic rings. The van der Waals surface area contributed by atoms with Crippen molar-refractivity contribution in [3.63, 3.8) is 0 Å². The van der Waals surface area contributed by atoms with Crippen LogP contribution in [0.2, 0.25) is 5.28 Å². The van der Waals surface area contributed by atoms with Crippen molar-refractivity contribution in [2.75, 3.05) is 18.0 Å². The Bertz CT molecular complexity index is 740. The average Bonchev–Trinajstić information content (AvgIpc) is 2.71. The van der Waals surface area contributed by atoms with E-state index < -0.39 is 31.9 Å². The Morgan fingerprint density at radius 3 is 2.33 bits per heavy atom. The van der Waals surface area contributed by atoms with E-state index in [1.54, 1.807) is 0 Å². The molecule has 11 heteroatoms. The third-order valence-electron chi connectivity index (χ3n) is 3.27. The minimum atomic E-state index is -4.66. The van der Waals surface area contributed by atoms with Crippen molar-refractivity contribution in [2.45, 2.75) is 18.8 Å². The molecule has 0 aliphatic carbocycles. The van der Waals surface area contributed by atoms with Gasteiger partial charge in [-0.05, 0) is 39.7 Å². The van der Waals surface area contributed by atoms with Gasteiger partial charge in [0.2, 0.25) is 5.28 Å². The fraction of sp³-hybridized carbons (Fsp3) is 0.462. The molecule has 24 heavy (non-hydrogen) atoms. The molecule has 0 aliphatic heterocycles. The highest BCUT2D eigenvalue weighted by atomic mass is 79.9. The highest BCUT2D eigenvalue weighted by Gasteiger charge is 2.35. The topological polar surface area (TPSA) is 21.1 Å². The van der Waals surface area contributed by atoms with Crippen molar-refractivity contribution in [1.29, 1.82) is 0 Å². The Morgan fingerprint density at radius 1 is 1.17 bits per heavy atom. The van der Waals surface area contributed by atoms with Gasteiger partial charge in [0.15, 0.2) is 0 Å². The number of imidazole rings is 1. The molecule has 0 unspecified atom stereocenters. The molecule has 0 spiro atoms. The van der Waals surface area contributed by atoms with Crippen LogP contribution in [0.3, 0.4) is 0 Å². The Kier molecular flexibility index (Phi) is 5.29. The van der Waals surface area contributed by atoms with Crippen LogP contribution in [0.15, 0.2) is 16.6 Å². The van der Waals surface area contributed by atoms with E-state index in [0.29, 0.717) is 9.37 Å². The fourth-order valence-corrected chi connectivity index (χ4v) is 2.84. The highest BCUT2D eigenvalue weighted by molar-refractivity contribution is 9.10. The number of fused-ring (bicyclic) bond motifs is 1. The van der Waals surface area contributed by atoms with Crippen LogP contribution in [0.1, 0.15) is 6.42 Å². The first kappa shape index (κ1) is 19.2. The quantitative estimate of drug-likeness (QED) is 0.603. The summed E-state index contributed by atoms with van der Waals surface area (Å²) in [4.78, 5) is 4.65. The van der Waals surface area contributed by atoms with Gasteiger partial charge in [-0.25, -0.2) is 4.98 Å². The largest absolute Gasteiger partial charge is 0.405 e. The molecule has 3 nitrogen and oxygen atoms in total. The van der Waals surface area contributed by atoms with Crippen molar-refractivity contribution < 1.29 is 26.3 Å². The maximum absolute atomic E-state index is 12.8. The Hall–Kier alpha value is -1.16. The van der Waals surface area contributed by atoms with Gasteiger partial charge in [0.25, 0.3) is 0 Å². The third kappa shape index (κ3) is 4.47. The lowest BCUT2D eigenvalue weighted by molar-refractivity contribution is -0.137. The van der Waals surface area contributed by atoms with Gasteiger partial charge in [-0.15, -0.1) is 0 Å². The maximum atomic E-state index is 12.8. The zero-order valence-electron chi connectivity index (χ0n) is 12.1. The lowest BCUT2D eigenvalue weighted by atomic mass is 10.2. The predicted molar refractivity (Wildman–Crippen MR) is 82.4 cm³/mol. The molecule has 1 heterocycles. The van der Waals surface area contributed by atoms with E-state index in [2.05, 4.69) is 20.9 Å². The number of anilines is 1. The minimum Gasteiger partial charge on any atom is -0.360 e. The number of nitrogens with zero attached hydrogens (tertiary/aromatic N) is 3. The molecule has 0 N–H and O–H groups in total. The summed E-state index contributed by atoms with van der Waals surface area (Å²) in [6, 6.07) is 2.74. The van der Waals surface area contributed by atoms with Gasteiger partial charge in [0.05, 0.1) is 17.6 Å². The van der Waals surface area contributed by atoms with Gasteiger partial charge in [-0.3, -0.25) is 0 Å². The number of aromatic nitrogens is 2. The second-order valence-corrected chi connectivity index (χ2v) is 6.30. The van der Waals surface area contributed by atoms with Gasteiger partial charge in [0.1, 0.15) is 12.1 Å². The Morgan fingerprint density at radius 2 is 1.79 bits per heavy atom. The number of hydrogen-bond acceptors (Lipinski definition) is 2. The first-order chi connectivity index (χ1) is 10.9. The number of benzene rings is 1.